The standard InChI is InChI=1S/C20H17ClN2O5S/c1-23-17(22-18(28-20(26)27)15(24)19(23)25)16-13(10-11-29-16)8-3-2-6-12-7-4-5-9-14(12)21/h3-5,7-11,24H,2,6H2,1H3,(H,26,27)/b8-3+. The van der Waals surface area contributed by atoms with Gasteiger partial charge in [0.25, 0.3) is 11.4 Å². The molecule has 0 amide bonds. The van der Waals surface area contributed by atoms with Crippen molar-refractivity contribution < 1.29 is 19.7 Å². The van der Waals surface area contributed by atoms with Gasteiger partial charge in [0.2, 0.25) is 5.75 Å². The Morgan fingerprint density at radius 3 is 2.83 bits per heavy atom. The summed E-state index contributed by atoms with van der Waals surface area (Å²) in [4.78, 5) is 27.7. The SMILES string of the molecule is Cn1c(-c2sccc2/C=C/CCc2ccccc2Cl)nc(OC(=O)O)c(O)c1=O. The first-order chi connectivity index (χ1) is 13.9. The van der Waals surface area contributed by atoms with Crippen LogP contribution in [-0.2, 0) is 13.5 Å². The smallest absolute Gasteiger partial charge is 0.499 e. The Balaban J connectivity index is 1.86. The second-order valence-electron chi connectivity index (χ2n) is 6.06. The van der Waals surface area contributed by atoms with E-state index in [9.17, 15) is 14.7 Å². The van der Waals surface area contributed by atoms with Crippen LogP contribution in [0.4, 0.5) is 4.79 Å². The van der Waals surface area contributed by atoms with E-state index < -0.39 is 23.3 Å². The monoisotopic (exact) mass is 432 g/mol. The number of hydrogen-bond donors (Lipinski definition) is 2. The number of thiophene rings is 1. The summed E-state index contributed by atoms with van der Waals surface area (Å²) in [6.07, 6.45) is 3.76. The van der Waals surface area contributed by atoms with E-state index in [1.807, 2.05) is 47.9 Å². The molecule has 2 aromatic heterocycles. The molecule has 0 spiro atoms. The van der Waals surface area contributed by atoms with E-state index in [0.29, 0.717) is 4.88 Å². The van der Waals surface area contributed by atoms with E-state index in [2.05, 4.69) is 9.72 Å². The molecule has 0 bridgehead atoms. The molecule has 0 atom stereocenters. The number of allylic oxidation sites excluding steroid dienone is 1. The summed E-state index contributed by atoms with van der Waals surface area (Å²) in [5.74, 6) is -1.30. The Labute approximate surface area is 175 Å². The van der Waals surface area contributed by atoms with Crippen molar-refractivity contribution >= 4 is 35.2 Å². The van der Waals surface area contributed by atoms with Gasteiger partial charge in [-0.3, -0.25) is 9.36 Å². The van der Waals surface area contributed by atoms with Crippen LogP contribution in [0.15, 0.2) is 46.6 Å². The maximum Gasteiger partial charge on any atom is 0.512 e. The van der Waals surface area contributed by atoms with Gasteiger partial charge in [0.15, 0.2) is 5.82 Å². The number of ether oxygens (including phenoxy) is 1. The van der Waals surface area contributed by atoms with Gasteiger partial charge in [-0.1, -0.05) is 42.0 Å². The molecule has 0 aliphatic carbocycles. The molecule has 2 N–H and O–H groups in total. The fourth-order valence-electron chi connectivity index (χ4n) is 2.71. The van der Waals surface area contributed by atoms with Gasteiger partial charge in [0.05, 0.1) is 4.88 Å². The van der Waals surface area contributed by atoms with Crippen LogP contribution in [0, 0.1) is 0 Å². The molecule has 1 aromatic carbocycles. The number of halogens is 1. The van der Waals surface area contributed by atoms with Crippen molar-refractivity contribution in [1.82, 2.24) is 9.55 Å². The Bertz CT molecular complexity index is 1140. The zero-order chi connectivity index (χ0) is 21.0. The van der Waals surface area contributed by atoms with Crippen molar-refractivity contribution in [2.75, 3.05) is 0 Å². The summed E-state index contributed by atoms with van der Waals surface area (Å²) < 4.78 is 5.58. The largest absolute Gasteiger partial charge is 0.512 e. The molecule has 29 heavy (non-hydrogen) atoms. The van der Waals surface area contributed by atoms with Gasteiger partial charge >= 0.3 is 6.16 Å². The van der Waals surface area contributed by atoms with Crippen LogP contribution < -0.4 is 10.3 Å². The number of nitrogens with zero attached hydrogens (tertiary/aromatic N) is 2. The average Bonchev–Trinajstić information content (AvgIpc) is 3.15. The minimum atomic E-state index is -1.67. The first-order valence-corrected chi connectivity index (χ1v) is 9.82. The lowest BCUT2D eigenvalue weighted by Crippen LogP contribution is -2.21. The maximum atomic E-state index is 12.2. The molecule has 0 aliphatic rings. The highest BCUT2D eigenvalue weighted by Gasteiger charge is 2.20. The Morgan fingerprint density at radius 1 is 1.34 bits per heavy atom. The molecule has 150 valence electrons. The number of aryl methyl sites for hydroxylation is 1. The van der Waals surface area contributed by atoms with Crippen LogP contribution in [0.5, 0.6) is 11.6 Å². The van der Waals surface area contributed by atoms with Crippen molar-refractivity contribution in [3.63, 3.8) is 0 Å². The van der Waals surface area contributed by atoms with Crippen molar-refractivity contribution in [3.05, 3.63) is 68.3 Å². The second kappa shape index (κ2) is 8.93. The molecule has 3 rings (SSSR count). The van der Waals surface area contributed by atoms with Gasteiger partial charge in [-0.25, -0.2) is 4.79 Å². The first-order valence-electron chi connectivity index (χ1n) is 8.57. The quantitative estimate of drug-likeness (QED) is 0.553. The number of aromatic nitrogens is 2. The summed E-state index contributed by atoms with van der Waals surface area (Å²) in [5.41, 5.74) is 1.07. The number of hydrogen-bond acceptors (Lipinski definition) is 6. The van der Waals surface area contributed by atoms with E-state index in [1.54, 1.807) is 0 Å². The number of aromatic hydroxyl groups is 1. The van der Waals surface area contributed by atoms with Crippen LogP contribution >= 0.6 is 22.9 Å². The number of carboxylic acid groups (broad SMARTS) is 1. The zero-order valence-corrected chi connectivity index (χ0v) is 16.9. The van der Waals surface area contributed by atoms with E-state index in [0.717, 1.165) is 33.6 Å². The van der Waals surface area contributed by atoms with Crippen LogP contribution in [0.25, 0.3) is 16.8 Å². The van der Waals surface area contributed by atoms with Crippen LogP contribution in [0.1, 0.15) is 17.5 Å². The molecule has 0 radical (unpaired) electrons. The van der Waals surface area contributed by atoms with Gasteiger partial charge in [-0.15, -0.1) is 11.3 Å². The Hall–Kier alpha value is -3.10. The van der Waals surface area contributed by atoms with Gasteiger partial charge < -0.3 is 14.9 Å². The number of carbonyl (C=O) groups is 1. The van der Waals surface area contributed by atoms with E-state index >= 15 is 0 Å². The molecular formula is C20H17ClN2O5S. The highest BCUT2D eigenvalue weighted by atomic mass is 35.5. The minimum absolute atomic E-state index is 0.199. The second-order valence-corrected chi connectivity index (χ2v) is 7.38. The van der Waals surface area contributed by atoms with Gasteiger partial charge in [-0.2, -0.15) is 4.98 Å². The molecule has 2 heterocycles. The molecule has 0 unspecified atom stereocenters. The topological polar surface area (TPSA) is 102 Å². The summed E-state index contributed by atoms with van der Waals surface area (Å²) in [5, 5.41) is 21.2. The zero-order valence-electron chi connectivity index (χ0n) is 15.3. The predicted molar refractivity (Wildman–Crippen MR) is 112 cm³/mol. The Morgan fingerprint density at radius 2 is 2.10 bits per heavy atom. The van der Waals surface area contributed by atoms with Gasteiger partial charge in [0, 0.05) is 12.1 Å². The molecule has 3 aromatic rings. The molecule has 0 saturated carbocycles. The van der Waals surface area contributed by atoms with Crippen molar-refractivity contribution in [1.29, 1.82) is 0 Å². The van der Waals surface area contributed by atoms with E-state index in [-0.39, 0.29) is 5.82 Å². The third-order valence-electron chi connectivity index (χ3n) is 4.15. The molecular weight excluding hydrogens is 416 g/mol. The van der Waals surface area contributed by atoms with Gasteiger partial charge in [-0.05, 0) is 41.5 Å². The van der Waals surface area contributed by atoms with Crippen molar-refractivity contribution in [2.45, 2.75) is 12.8 Å². The normalized spacial score (nSPS) is 11.1. The van der Waals surface area contributed by atoms with E-state index in [4.69, 9.17) is 16.7 Å². The molecule has 0 saturated heterocycles. The van der Waals surface area contributed by atoms with Crippen LogP contribution in [-0.4, -0.2) is 25.9 Å². The molecule has 9 heteroatoms. The summed E-state index contributed by atoms with van der Waals surface area (Å²) in [7, 11) is 1.44. The minimum Gasteiger partial charge on any atom is -0.499 e. The van der Waals surface area contributed by atoms with E-state index in [1.165, 1.54) is 18.4 Å². The number of rotatable bonds is 6. The van der Waals surface area contributed by atoms with Crippen molar-refractivity contribution in [2.24, 2.45) is 7.05 Å². The first kappa shape index (κ1) is 20.6. The maximum absolute atomic E-state index is 12.2. The van der Waals surface area contributed by atoms with Crippen LogP contribution in [0.3, 0.4) is 0 Å². The third kappa shape index (κ3) is 4.67. The highest BCUT2D eigenvalue weighted by Crippen LogP contribution is 2.31. The van der Waals surface area contributed by atoms with Gasteiger partial charge in [0.1, 0.15) is 0 Å². The predicted octanol–water partition coefficient (Wildman–Crippen LogP) is 4.57. The molecule has 7 nitrogen and oxygen atoms in total. The fourth-order valence-corrected chi connectivity index (χ4v) is 3.85. The highest BCUT2D eigenvalue weighted by molar-refractivity contribution is 7.13. The summed E-state index contributed by atoms with van der Waals surface area (Å²) >= 11 is 7.50. The van der Waals surface area contributed by atoms with Crippen molar-refractivity contribution in [3.8, 4) is 22.3 Å². The third-order valence-corrected chi connectivity index (χ3v) is 5.45. The fraction of sp³-hybridized carbons (Fsp3) is 0.150. The summed E-state index contributed by atoms with van der Waals surface area (Å²) in [6, 6.07) is 9.52. The summed E-state index contributed by atoms with van der Waals surface area (Å²) in [6.45, 7) is 0. The van der Waals surface area contributed by atoms with Crippen LogP contribution in [0.2, 0.25) is 5.02 Å². The molecule has 0 aliphatic heterocycles. The Kier molecular flexibility index (Phi) is 6.36. The lowest BCUT2D eigenvalue weighted by atomic mass is 10.1. The lowest BCUT2D eigenvalue weighted by molar-refractivity contribution is 0.140. The number of benzene rings is 1. The average molecular weight is 433 g/mol. The lowest BCUT2D eigenvalue weighted by Gasteiger charge is -2.10. The molecule has 0 fully saturated rings.